The Balaban J connectivity index is 1.42. The van der Waals surface area contributed by atoms with E-state index in [1.807, 2.05) is 6.92 Å². The molecule has 0 spiro atoms. The van der Waals surface area contributed by atoms with E-state index in [4.69, 9.17) is 9.15 Å². The molecule has 0 bridgehead atoms. The van der Waals surface area contributed by atoms with E-state index in [1.165, 1.54) is 0 Å². The molecule has 164 valence electrons. The number of hydrogen-bond acceptors (Lipinski definition) is 7. The predicted octanol–water partition coefficient (Wildman–Crippen LogP) is 1.52. The SMILES string of the molecule is Cc1c(C(=O)NCCN2CCOCC2)oc2c1/C(=N/NC(=O)c1ccncc1)CCC2. The second-order valence-corrected chi connectivity index (χ2v) is 7.65. The standard InChI is InChI=1S/C22H27N5O4/c1-15-19-17(25-26-21(28)16-5-7-23-8-6-16)3-2-4-18(19)31-20(15)22(29)24-9-10-27-11-13-30-14-12-27/h5-8H,2-4,9-14H2,1H3,(H,24,29)(H,26,28)/b25-17+. The second kappa shape index (κ2) is 9.84. The van der Waals surface area contributed by atoms with E-state index in [0.717, 1.165) is 68.3 Å². The van der Waals surface area contributed by atoms with Gasteiger partial charge in [-0.2, -0.15) is 5.10 Å². The summed E-state index contributed by atoms with van der Waals surface area (Å²) in [6.45, 7) is 6.43. The molecule has 0 atom stereocenters. The van der Waals surface area contributed by atoms with Crippen LogP contribution in [0, 0.1) is 6.92 Å². The first-order valence-electron chi connectivity index (χ1n) is 10.6. The second-order valence-electron chi connectivity index (χ2n) is 7.65. The summed E-state index contributed by atoms with van der Waals surface area (Å²) in [5.74, 6) is 0.547. The molecule has 9 heteroatoms. The van der Waals surface area contributed by atoms with Crippen molar-refractivity contribution in [3.05, 3.63) is 52.7 Å². The molecular formula is C22H27N5O4. The van der Waals surface area contributed by atoms with Gasteiger partial charge >= 0.3 is 0 Å². The number of hydrazone groups is 1. The lowest BCUT2D eigenvalue weighted by atomic mass is 9.93. The van der Waals surface area contributed by atoms with E-state index in [1.54, 1.807) is 24.5 Å². The third-order valence-electron chi connectivity index (χ3n) is 5.58. The normalized spacial score (nSPS) is 17.9. The fraction of sp³-hybridized carbons (Fsp3) is 0.455. The minimum absolute atomic E-state index is 0.222. The monoisotopic (exact) mass is 425 g/mol. The first-order chi connectivity index (χ1) is 15.1. The van der Waals surface area contributed by atoms with Crippen LogP contribution >= 0.6 is 0 Å². The summed E-state index contributed by atoms with van der Waals surface area (Å²) < 4.78 is 11.3. The molecular weight excluding hydrogens is 398 g/mol. The van der Waals surface area contributed by atoms with E-state index >= 15 is 0 Å². The lowest BCUT2D eigenvalue weighted by Crippen LogP contribution is -2.41. The third kappa shape index (κ3) is 5.00. The van der Waals surface area contributed by atoms with Gasteiger partial charge in [0.15, 0.2) is 5.76 Å². The van der Waals surface area contributed by atoms with Crippen LogP contribution in [-0.4, -0.2) is 66.8 Å². The summed E-state index contributed by atoms with van der Waals surface area (Å²) in [5.41, 5.74) is 5.42. The van der Waals surface area contributed by atoms with Crippen LogP contribution < -0.4 is 10.7 Å². The van der Waals surface area contributed by atoms with Crippen molar-refractivity contribution in [2.24, 2.45) is 5.10 Å². The van der Waals surface area contributed by atoms with E-state index in [-0.39, 0.29) is 11.8 Å². The highest BCUT2D eigenvalue weighted by Gasteiger charge is 2.28. The van der Waals surface area contributed by atoms with E-state index in [2.05, 4.69) is 25.7 Å². The molecule has 2 N–H and O–H groups in total. The minimum Gasteiger partial charge on any atom is -0.455 e. The molecule has 4 rings (SSSR count). The molecule has 1 aliphatic heterocycles. The minimum atomic E-state index is -0.302. The number of aryl methyl sites for hydroxylation is 1. The van der Waals surface area contributed by atoms with Crippen LogP contribution in [0.5, 0.6) is 0 Å². The molecule has 2 aliphatic rings. The van der Waals surface area contributed by atoms with Crippen molar-refractivity contribution in [2.75, 3.05) is 39.4 Å². The fourth-order valence-electron chi connectivity index (χ4n) is 3.92. The highest BCUT2D eigenvalue weighted by molar-refractivity contribution is 6.07. The first-order valence-corrected chi connectivity index (χ1v) is 10.6. The van der Waals surface area contributed by atoms with Crippen LogP contribution in [0.15, 0.2) is 34.0 Å². The van der Waals surface area contributed by atoms with Gasteiger partial charge in [-0.1, -0.05) is 0 Å². The number of carbonyl (C=O) groups is 2. The number of carbonyl (C=O) groups excluding carboxylic acids is 2. The van der Waals surface area contributed by atoms with Gasteiger partial charge in [0.25, 0.3) is 11.8 Å². The number of aromatic nitrogens is 1. The number of ether oxygens (including phenoxy) is 1. The Morgan fingerprint density at radius 2 is 1.94 bits per heavy atom. The number of amides is 2. The summed E-state index contributed by atoms with van der Waals surface area (Å²) >= 11 is 0. The predicted molar refractivity (Wildman–Crippen MR) is 114 cm³/mol. The lowest BCUT2D eigenvalue weighted by Gasteiger charge is -2.26. The van der Waals surface area contributed by atoms with Crippen molar-refractivity contribution in [3.8, 4) is 0 Å². The summed E-state index contributed by atoms with van der Waals surface area (Å²) in [7, 11) is 0. The number of rotatable bonds is 6. The van der Waals surface area contributed by atoms with E-state index < -0.39 is 0 Å². The topological polar surface area (TPSA) is 109 Å². The Morgan fingerprint density at radius 3 is 2.71 bits per heavy atom. The Labute approximate surface area is 180 Å². The van der Waals surface area contributed by atoms with Crippen molar-refractivity contribution in [2.45, 2.75) is 26.2 Å². The van der Waals surface area contributed by atoms with Gasteiger partial charge in [0, 0.05) is 61.7 Å². The van der Waals surface area contributed by atoms with Crippen LogP contribution in [0.1, 0.15) is 50.6 Å². The molecule has 2 amide bonds. The Bertz CT molecular complexity index is 964. The third-order valence-corrected chi connectivity index (χ3v) is 5.58. The van der Waals surface area contributed by atoms with Gasteiger partial charge < -0.3 is 14.5 Å². The van der Waals surface area contributed by atoms with Crippen LogP contribution in [0.25, 0.3) is 0 Å². The van der Waals surface area contributed by atoms with Gasteiger partial charge in [-0.25, -0.2) is 5.43 Å². The zero-order valence-corrected chi connectivity index (χ0v) is 17.6. The number of fused-ring (bicyclic) bond motifs is 1. The number of furan rings is 1. The largest absolute Gasteiger partial charge is 0.455 e. The summed E-state index contributed by atoms with van der Waals surface area (Å²) in [6.07, 6.45) is 5.43. The maximum atomic E-state index is 12.7. The van der Waals surface area contributed by atoms with Crippen LogP contribution in [-0.2, 0) is 11.2 Å². The maximum Gasteiger partial charge on any atom is 0.287 e. The van der Waals surface area contributed by atoms with Crippen LogP contribution in [0.2, 0.25) is 0 Å². The number of hydrogen-bond donors (Lipinski definition) is 2. The highest BCUT2D eigenvalue weighted by atomic mass is 16.5. The molecule has 1 aliphatic carbocycles. The fourth-order valence-corrected chi connectivity index (χ4v) is 3.92. The van der Waals surface area contributed by atoms with Crippen molar-refractivity contribution in [1.82, 2.24) is 20.6 Å². The Kier molecular flexibility index (Phi) is 6.73. The van der Waals surface area contributed by atoms with Gasteiger partial charge in [-0.3, -0.25) is 19.5 Å². The number of nitrogens with zero attached hydrogens (tertiary/aromatic N) is 3. The zero-order chi connectivity index (χ0) is 21.6. The zero-order valence-electron chi connectivity index (χ0n) is 17.6. The molecule has 1 saturated heterocycles. The van der Waals surface area contributed by atoms with Crippen molar-refractivity contribution >= 4 is 17.5 Å². The molecule has 9 nitrogen and oxygen atoms in total. The number of pyridine rings is 1. The molecule has 0 aromatic carbocycles. The Morgan fingerprint density at radius 1 is 1.16 bits per heavy atom. The molecule has 1 fully saturated rings. The molecule has 2 aromatic rings. The van der Waals surface area contributed by atoms with Gasteiger partial charge in [-0.15, -0.1) is 0 Å². The highest BCUT2D eigenvalue weighted by Crippen LogP contribution is 2.29. The molecule has 0 saturated carbocycles. The quantitative estimate of drug-likeness (QED) is 0.679. The van der Waals surface area contributed by atoms with Crippen molar-refractivity contribution in [1.29, 1.82) is 0 Å². The summed E-state index contributed by atoms with van der Waals surface area (Å²) in [6, 6.07) is 3.26. The average Bonchev–Trinajstić information content (AvgIpc) is 3.16. The average molecular weight is 425 g/mol. The molecule has 31 heavy (non-hydrogen) atoms. The van der Waals surface area contributed by atoms with Crippen LogP contribution in [0.4, 0.5) is 0 Å². The smallest absolute Gasteiger partial charge is 0.287 e. The number of nitrogens with one attached hydrogen (secondary N) is 2. The van der Waals surface area contributed by atoms with E-state index in [9.17, 15) is 9.59 Å². The maximum absolute atomic E-state index is 12.7. The molecule has 0 radical (unpaired) electrons. The Hall–Kier alpha value is -3.04. The lowest BCUT2D eigenvalue weighted by molar-refractivity contribution is 0.0382. The first kappa shape index (κ1) is 21.2. The van der Waals surface area contributed by atoms with Gasteiger partial charge in [0.05, 0.1) is 18.9 Å². The van der Waals surface area contributed by atoms with Crippen LogP contribution in [0.3, 0.4) is 0 Å². The molecule has 2 aromatic heterocycles. The van der Waals surface area contributed by atoms with E-state index in [0.29, 0.717) is 24.3 Å². The molecule has 3 heterocycles. The van der Waals surface area contributed by atoms with Crippen molar-refractivity contribution in [3.63, 3.8) is 0 Å². The van der Waals surface area contributed by atoms with Gasteiger partial charge in [0.1, 0.15) is 5.76 Å². The summed E-state index contributed by atoms with van der Waals surface area (Å²) in [5, 5.41) is 7.30. The van der Waals surface area contributed by atoms with Gasteiger partial charge in [-0.05, 0) is 31.9 Å². The number of morpholine rings is 1. The summed E-state index contributed by atoms with van der Waals surface area (Å²) in [4.78, 5) is 31.2. The van der Waals surface area contributed by atoms with Gasteiger partial charge in [0.2, 0.25) is 0 Å². The molecule has 0 unspecified atom stereocenters. The van der Waals surface area contributed by atoms with Crippen molar-refractivity contribution < 1.29 is 18.7 Å².